The summed E-state index contributed by atoms with van der Waals surface area (Å²) in [5.74, 6) is 1.59. The van der Waals surface area contributed by atoms with Gasteiger partial charge in [-0.25, -0.2) is 14.5 Å². The number of hydrogen-bond donors (Lipinski definition) is 1. The highest BCUT2D eigenvalue weighted by Gasteiger charge is 2.60. The van der Waals surface area contributed by atoms with E-state index in [4.69, 9.17) is 0 Å². The molecule has 7 rings (SSSR count). The molecule has 2 amide bonds. The van der Waals surface area contributed by atoms with Crippen molar-refractivity contribution < 1.29 is 13.2 Å². The Kier molecular flexibility index (Phi) is 3.72. The van der Waals surface area contributed by atoms with Crippen LogP contribution in [0.25, 0.3) is 0 Å². The predicted molar refractivity (Wildman–Crippen MR) is 115 cm³/mol. The molecule has 174 valence electrons. The van der Waals surface area contributed by atoms with Crippen molar-refractivity contribution >= 4 is 16.2 Å². The first-order valence-electron chi connectivity index (χ1n) is 11.9. The van der Waals surface area contributed by atoms with E-state index in [0.717, 1.165) is 44.6 Å². The van der Waals surface area contributed by atoms with Gasteiger partial charge in [-0.2, -0.15) is 22.5 Å². The van der Waals surface area contributed by atoms with Gasteiger partial charge in [0.25, 0.3) is 10.2 Å². The minimum Gasteiger partial charge on any atom is -0.323 e. The quantitative estimate of drug-likeness (QED) is 0.702. The standard InChI is InChI=1S/C21H31N7O3S/c1-19(4-5-19)24-32(30,31)27-12-21(13-27)10-26(11-21)18(29)25-8-20(9-25)6-16(7-20)28-14-22-17(23-28)15-2-3-15/h14-16,24H,2-13H2,1H3. The van der Waals surface area contributed by atoms with E-state index in [-0.39, 0.29) is 22.4 Å². The van der Waals surface area contributed by atoms with Gasteiger partial charge in [0.05, 0.1) is 6.04 Å². The van der Waals surface area contributed by atoms with Crippen molar-refractivity contribution in [3.05, 3.63) is 12.2 Å². The molecule has 0 atom stereocenters. The lowest BCUT2D eigenvalue weighted by atomic mass is 9.60. The van der Waals surface area contributed by atoms with Gasteiger partial charge in [0.15, 0.2) is 5.82 Å². The molecule has 1 aromatic rings. The molecule has 3 aliphatic carbocycles. The Hall–Kier alpha value is -1.72. The maximum atomic E-state index is 12.9. The number of likely N-dealkylation sites (tertiary alicyclic amines) is 2. The van der Waals surface area contributed by atoms with Crippen molar-refractivity contribution in [1.29, 1.82) is 0 Å². The number of urea groups is 1. The molecule has 1 aromatic heterocycles. The summed E-state index contributed by atoms with van der Waals surface area (Å²) in [6, 6.07) is 0.542. The number of carbonyl (C=O) groups excluding carboxylic acids is 1. The zero-order valence-electron chi connectivity index (χ0n) is 18.5. The van der Waals surface area contributed by atoms with Crippen LogP contribution in [0.3, 0.4) is 0 Å². The minimum absolute atomic E-state index is 0.0364. The largest absolute Gasteiger partial charge is 0.323 e. The van der Waals surface area contributed by atoms with Crippen molar-refractivity contribution in [2.45, 2.75) is 62.9 Å². The van der Waals surface area contributed by atoms with E-state index in [2.05, 4.69) is 14.8 Å². The average molecular weight is 462 g/mol. The van der Waals surface area contributed by atoms with Gasteiger partial charge < -0.3 is 9.80 Å². The normalized spacial score (nSPS) is 29.9. The predicted octanol–water partition coefficient (Wildman–Crippen LogP) is 0.917. The molecule has 11 heteroatoms. The molecular weight excluding hydrogens is 430 g/mol. The molecule has 6 fully saturated rings. The van der Waals surface area contributed by atoms with Crippen molar-refractivity contribution in [3.63, 3.8) is 0 Å². The highest BCUT2D eigenvalue weighted by Crippen LogP contribution is 2.54. The SMILES string of the molecule is CC1(NS(=O)(=O)N2CC3(CN(C(=O)N4CC5(CC(n6cnc(C7CC7)n6)C5)C4)C3)C2)CC1. The third-order valence-electron chi connectivity index (χ3n) is 8.57. The number of aromatic nitrogens is 3. The minimum atomic E-state index is -3.39. The molecule has 4 heterocycles. The number of nitrogens with one attached hydrogen (secondary N) is 1. The molecule has 0 bridgehead atoms. The van der Waals surface area contributed by atoms with Crippen molar-refractivity contribution in [3.8, 4) is 0 Å². The Morgan fingerprint density at radius 2 is 1.66 bits per heavy atom. The van der Waals surface area contributed by atoms with Crippen LogP contribution in [0.15, 0.2) is 6.33 Å². The zero-order chi connectivity index (χ0) is 21.9. The highest BCUT2D eigenvalue weighted by atomic mass is 32.2. The van der Waals surface area contributed by atoms with Crippen molar-refractivity contribution in [2.24, 2.45) is 10.8 Å². The Bertz CT molecular complexity index is 1060. The first kappa shape index (κ1) is 19.7. The number of nitrogens with zero attached hydrogens (tertiary/aromatic N) is 6. The Morgan fingerprint density at radius 3 is 2.25 bits per heavy atom. The summed E-state index contributed by atoms with van der Waals surface area (Å²) in [5, 5.41) is 4.67. The fourth-order valence-electron chi connectivity index (χ4n) is 6.11. The van der Waals surface area contributed by atoms with E-state index in [0.29, 0.717) is 38.1 Å². The summed E-state index contributed by atoms with van der Waals surface area (Å²) in [4.78, 5) is 21.2. The fourth-order valence-corrected chi connectivity index (χ4v) is 7.96. The molecule has 0 radical (unpaired) electrons. The van der Waals surface area contributed by atoms with Gasteiger partial charge in [-0.3, -0.25) is 0 Å². The molecule has 3 saturated heterocycles. The number of rotatable bonds is 5. The average Bonchev–Trinajstić information content (AvgIpc) is 3.50. The monoisotopic (exact) mass is 461 g/mol. The second kappa shape index (κ2) is 6.04. The van der Waals surface area contributed by atoms with E-state index in [9.17, 15) is 13.2 Å². The number of carbonyl (C=O) groups is 1. The van der Waals surface area contributed by atoms with E-state index < -0.39 is 10.2 Å². The van der Waals surface area contributed by atoms with Crippen molar-refractivity contribution in [1.82, 2.24) is 33.6 Å². The van der Waals surface area contributed by atoms with Gasteiger partial charge in [-0.1, -0.05) is 0 Å². The molecule has 0 unspecified atom stereocenters. The molecule has 3 saturated carbocycles. The maximum Gasteiger partial charge on any atom is 0.320 e. The molecular formula is C21H31N7O3S. The molecule has 32 heavy (non-hydrogen) atoms. The second-order valence-corrected chi connectivity index (χ2v) is 13.5. The Morgan fingerprint density at radius 1 is 1.03 bits per heavy atom. The summed E-state index contributed by atoms with van der Waals surface area (Å²) in [6.07, 6.45) is 8.29. The van der Waals surface area contributed by atoms with Crippen LogP contribution in [0.4, 0.5) is 4.79 Å². The van der Waals surface area contributed by atoms with Crippen LogP contribution in [0.1, 0.15) is 63.2 Å². The lowest BCUT2D eigenvalue weighted by molar-refractivity contribution is -0.101. The third kappa shape index (κ3) is 3.03. The summed E-state index contributed by atoms with van der Waals surface area (Å²) in [6.45, 7) is 6.00. The third-order valence-corrected chi connectivity index (χ3v) is 10.3. The van der Waals surface area contributed by atoms with Crippen LogP contribution in [0, 0.1) is 10.8 Å². The molecule has 3 aliphatic heterocycles. The van der Waals surface area contributed by atoms with E-state index in [1.807, 2.05) is 27.7 Å². The van der Waals surface area contributed by atoms with Gasteiger partial charge >= 0.3 is 6.03 Å². The van der Waals surface area contributed by atoms with Gasteiger partial charge in [-0.05, 0) is 45.4 Å². The summed E-state index contributed by atoms with van der Waals surface area (Å²) in [7, 11) is -3.39. The van der Waals surface area contributed by atoms with Crippen LogP contribution < -0.4 is 4.72 Å². The number of hydrogen-bond acceptors (Lipinski definition) is 5. The smallest absolute Gasteiger partial charge is 0.320 e. The van der Waals surface area contributed by atoms with Crippen LogP contribution in [0.2, 0.25) is 0 Å². The van der Waals surface area contributed by atoms with Gasteiger partial charge in [-0.15, -0.1) is 0 Å². The molecule has 0 aromatic carbocycles. The van der Waals surface area contributed by atoms with E-state index in [1.54, 1.807) is 0 Å². The highest BCUT2D eigenvalue weighted by molar-refractivity contribution is 7.87. The van der Waals surface area contributed by atoms with Gasteiger partial charge in [0, 0.05) is 61.6 Å². The summed E-state index contributed by atoms with van der Waals surface area (Å²) < 4.78 is 31.3. The van der Waals surface area contributed by atoms with Gasteiger partial charge in [0.1, 0.15) is 6.33 Å². The first-order chi connectivity index (χ1) is 15.2. The van der Waals surface area contributed by atoms with Crippen LogP contribution in [-0.4, -0.2) is 88.1 Å². The topological polar surface area (TPSA) is 104 Å². The lowest BCUT2D eigenvalue weighted by Gasteiger charge is -2.63. The summed E-state index contributed by atoms with van der Waals surface area (Å²) in [5.41, 5.74) is -0.0174. The Balaban J connectivity index is 0.867. The number of amides is 2. The van der Waals surface area contributed by atoms with E-state index in [1.165, 1.54) is 17.1 Å². The first-order valence-corrected chi connectivity index (χ1v) is 13.3. The molecule has 6 aliphatic rings. The van der Waals surface area contributed by atoms with E-state index >= 15 is 0 Å². The lowest BCUT2D eigenvalue weighted by Crippen LogP contribution is -2.77. The Labute approximate surface area is 188 Å². The molecule has 2 spiro atoms. The zero-order valence-corrected chi connectivity index (χ0v) is 19.4. The fraction of sp³-hybridized carbons (Fsp3) is 0.857. The van der Waals surface area contributed by atoms with Crippen molar-refractivity contribution in [2.75, 3.05) is 39.3 Å². The second-order valence-electron chi connectivity index (χ2n) is 11.8. The molecule has 10 nitrogen and oxygen atoms in total. The maximum absolute atomic E-state index is 12.9. The van der Waals surface area contributed by atoms with Crippen LogP contribution >= 0.6 is 0 Å². The van der Waals surface area contributed by atoms with Crippen LogP contribution in [-0.2, 0) is 10.2 Å². The summed E-state index contributed by atoms with van der Waals surface area (Å²) >= 11 is 0. The van der Waals surface area contributed by atoms with Gasteiger partial charge in [0.2, 0.25) is 0 Å². The van der Waals surface area contributed by atoms with Crippen LogP contribution in [0.5, 0.6) is 0 Å². The molecule has 1 N–H and O–H groups in total.